The molecule has 0 saturated carbocycles. The fourth-order valence-electron chi connectivity index (χ4n) is 3.26. The molecule has 1 aromatic heterocycles. The van der Waals surface area contributed by atoms with Crippen LogP contribution in [0.4, 0.5) is 0 Å². The first-order chi connectivity index (χ1) is 11.2. The van der Waals surface area contributed by atoms with E-state index < -0.39 is 0 Å². The standard InChI is InChI=1S/C21H23NO/c1-3-4-6-13-18-16(2)22(17-11-7-5-8-12-17)20-15-10-9-14-19(20)21(18)23/h5,7-12,14-15H,3-4,6,13H2,1-2H3. The second-order valence-electron chi connectivity index (χ2n) is 6.04. The molecule has 1 heterocycles. The first-order valence-corrected chi connectivity index (χ1v) is 8.42. The highest BCUT2D eigenvalue weighted by Crippen LogP contribution is 2.22. The topological polar surface area (TPSA) is 22.0 Å². The molecule has 0 N–H and O–H groups in total. The number of benzene rings is 2. The van der Waals surface area contributed by atoms with Gasteiger partial charge in [-0.05, 0) is 44.0 Å². The third kappa shape index (κ3) is 2.94. The predicted molar refractivity (Wildman–Crippen MR) is 97.5 cm³/mol. The average Bonchev–Trinajstić information content (AvgIpc) is 2.59. The molecule has 0 bridgehead atoms. The monoisotopic (exact) mass is 305 g/mol. The first-order valence-electron chi connectivity index (χ1n) is 8.42. The highest BCUT2D eigenvalue weighted by atomic mass is 16.1. The van der Waals surface area contributed by atoms with Crippen LogP contribution in [0.1, 0.15) is 37.4 Å². The second kappa shape index (κ2) is 6.82. The van der Waals surface area contributed by atoms with Crippen LogP contribution in [0.15, 0.2) is 59.4 Å². The van der Waals surface area contributed by atoms with Gasteiger partial charge < -0.3 is 4.57 Å². The third-order valence-electron chi connectivity index (χ3n) is 4.48. The van der Waals surface area contributed by atoms with Crippen LogP contribution in [0.2, 0.25) is 0 Å². The van der Waals surface area contributed by atoms with E-state index in [4.69, 9.17) is 0 Å². The van der Waals surface area contributed by atoms with Crippen molar-refractivity contribution in [2.45, 2.75) is 39.5 Å². The van der Waals surface area contributed by atoms with Gasteiger partial charge in [0.25, 0.3) is 0 Å². The number of unbranched alkanes of at least 4 members (excludes halogenated alkanes) is 2. The van der Waals surface area contributed by atoms with Crippen LogP contribution in [-0.2, 0) is 6.42 Å². The van der Waals surface area contributed by atoms with E-state index in [1.54, 1.807) is 0 Å². The van der Waals surface area contributed by atoms with Crippen molar-refractivity contribution in [2.75, 3.05) is 0 Å². The van der Waals surface area contributed by atoms with Gasteiger partial charge in [-0.2, -0.15) is 0 Å². The highest BCUT2D eigenvalue weighted by Gasteiger charge is 2.14. The first kappa shape index (κ1) is 15.5. The predicted octanol–water partition coefficient (Wildman–Crippen LogP) is 5.03. The van der Waals surface area contributed by atoms with Crippen LogP contribution in [0.3, 0.4) is 0 Å². The van der Waals surface area contributed by atoms with Crippen LogP contribution < -0.4 is 5.43 Å². The minimum absolute atomic E-state index is 0.196. The molecule has 118 valence electrons. The summed E-state index contributed by atoms with van der Waals surface area (Å²) in [6.45, 7) is 4.26. The Morgan fingerprint density at radius 3 is 2.35 bits per heavy atom. The Balaban J connectivity index is 2.27. The molecule has 0 aliphatic carbocycles. The lowest BCUT2D eigenvalue weighted by Gasteiger charge is -2.18. The summed E-state index contributed by atoms with van der Waals surface area (Å²) in [6.07, 6.45) is 4.26. The maximum Gasteiger partial charge on any atom is 0.192 e. The number of fused-ring (bicyclic) bond motifs is 1. The van der Waals surface area contributed by atoms with Crippen molar-refractivity contribution < 1.29 is 0 Å². The molecular formula is C21H23NO. The SMILES string of the molecule is CCCCCc1c(C)n(-c2ccccc2)c2ccccc2c1=O. The molecule has 0 spiro atoms. The van der Waals surface area contributed by atoms with Crippen molar-refractivity contribution in [3.05, 3.63) is 76.1 Å². The summed E-state index contributed by atoms with van der Waals surface area (Å²) in [6, 6.07) is 18.2. The van der Waals surface area contributed by atoms with Gasteiger partial charge in [0.1, 0.15) is 0 Å². The molecule has 0 fully saturated rings. The molecule has 23 heavy (non-hydrogen) atoms. The zero-order chi connectivity index (χ0) is 16.2. The zero-order valence-electron chi connectivity index (χ0n) is 13.9. The Labute approximate surface area is 137 Å². The average molecular weight is 305 g/mol. The smallest absolute Gasteiger partial charge is 0.192 e. The van der Waals surface area contributed by atoms with Gasteiger partial charge >= 0.3 is 0 Å². The van der Waals surface area contributed by atoms with Crippen LogP contribution in [0.5, 0.6) is 0 Å². The van der Waals surface area contributed by atoms with Crippen molar-refractivity contribution >= 4 is 10.9 Å². The Morgan fingerprint density at radius 2 is 1.61 bits per heavy atom. The van der Waals surface area contributed by atoms with E-state index in [0.717, 1.165) is 47.1 Å². The van der Waals surface area contributed by atoms with Gasteiger partial charge in [0.05, 0.1) is 5.52 Å². The molecule has 0 radical (unpaired) electrons. The van der Waals surface area contributed by atoms with Crippen LogP contribution >= 0.6 is 0 Å². The molecule has 3 rings (SSSR count). The molecule has 0 atom stereocenters. The molecule has 0 aliphatic rings. The lowest BCUT2D eigenvalue weighted by atomic mass is 10.0. The highest BCUT2D eigenvalue weighted by molar-refractivity contribution is 5.82. The van der Waals surface area contributed by atoms with Crippen molar-refractivity contribution in [3.63, 3.8) is 0 Å². The lowest BCUT2D eigenvalue weighted by molar-refractivity contribution is 0.709. The van der Waals surface area contributed by atoms with Crippen molar-refractivity contribution in [2.24, 2.45) is 0 Å². The largest absolute Gasteiger partial charge is 0.313 e. The maximum absolute atomic E-state index is 12.9. The van der Waals surface area contributed by atoms with Gasteiger partial charge in [-0.1, -0.05) is 50.1 Å². The summed E-state index contributed by atoms with van der Waals surface area (Å²) in [4.78, 5) is 12.9. The summed E-state index contributed by atoms with van der Waals surface area (Å²) in [5.74, 6) is 0. The second-order valence-corrected chi connectivity index (χ2v) is 6.04. The van der Waals surface area contributed by atoms with E-state index in [1.807, 2.05) is 42.5 Å². The van der Waals surface area contributed by atoms with E-state index in [1.165, 1.54) is 6.42 Å². The van der Waals surface area contributed by atoms with Gasteiger partial charge in [-0.3, -0.25) is 4.79 Å². The van der Waals surface area contributed by atoms with Gasteiger partial charge in [-0.25, -0.2) is 0 Å². The van der Waals surface area contributed by atoms with E-state index in [9.17, 15) is 4.79 Å². The summed E-state index contributed by atoms with van der Waals surface area (Å²) in [5.41, 5.74) is 4.32. The fraction of sp³-hybridized carbons (Fsp3) is 0.286. The Hall–Kier alpha value is -2.35. The normalized spacial score (nSPS) is 11.0. The summed E-state index contributed by atoms with van der Waals surface area (Å²) in [5, 5.41) is 0.813. The summed E-state index contributed by atoms with van der Waals surface area (Å²) >= 11 is 0. The van der Waals surface area contributed by atoms with Crippen LogP contribution in [-0.4, -0.2) is 4.57 Å². The number of para-hydroxylation sites is 2. The number of nitrogens with zero attached hydrogens (tertiary/aromatic N) is 1. The van der Waals surface area contributed by atoms with Gasteiger partial charge in [-0.15, -0.1) is 0 Å². The van der Waals surface area contributed by atoms with Crippen molar-refractivity contribution in [1.29, 1.82) is 0 Å². The molecule has 3 aromatic rings. The number of pyridine rings is 1. The van der Waals surface area contributed by atoms with Gasteiger partial charge in [0.15, 0.2) is 5.43 Å². The Kier molecular flexibility index (Phi) is 4.61. The molecule has 2 heteroatoms. The summed E-state index contributed by atoms with van der Waals surface area (Å²) < 4.78 is 2.22. The molecule has 2 nitrogen and oxygen atoms in total. The molecule has 0 aliphatic heterocycles. The third-order valence-corrected chi connectivity index (χ3v) is 4.48. The van der Waals surface area contributed by atoms with Gasteiger partial charge in [0.2, 0.25) is 0 Å². The maximum atomic E-state index is 12.9. The van der Waals surface area contributed by atoms with E-state index in [0.29, 0.717) is 0 Å². The fourth-order valence-corrected chi connectivity index (χ4v) is 3.26. The molecular weight excluding hydrogens is 282 g/mol. The van der Waals surface area contributed by atoms with E-state index >= 15 is 0 Å². The number of rotatable bonds is 5. The molecule has 0 unspecified atom stereocenters. The van der Waals surface area contributed by atoms with E-state index in [2.05, 4.69) is 30.5 Å². The quantitative estimate of drug-likeness (QED) is 0.606. The summed E-state index contributed by atoms with van der Waals surface area (Å²) in [7, 11) is 0. The molecule has 0 amide bonds. The van der Waals surface area contributed by atoms with Crippen molar-refractivity contribution in [1.82, 2.24) is 4.57 Å². The minimum Gasteiger partial charge on any atom is -0.313 e. The number of hydrogen-bond donors (Lipinski definition) is 0. The Morgan fingerprint density at radius 1 is 0.913 bits per heavy atom. The van der Waals surface area contributed by atoms with Crippen LogP contribution in [0, 0.1) is 6.92 Å². The van der Waals surface area contributed by atoms with Crippen molar-refractivity contribution in [3.8, 4) is 5.69 Å². The van der Waals surface area contributed by atoms with Crippen LogP contribution in [0.25, 0.3) is 16.6 Å². The zero-order valence-corrected chi connectivity index (χ0v) is 13.9. The van der Waals surface area contributed by atoms with Gasteiger partial charge in [0, 0.05) is 22.3 Å². The number of hydrogen-bond acceptors (Lipinski definition) is 1. The van der Waals surface area contributed by atoms with E-state index in [-0.39, 0.29) is 5.43 Å². The lowest BCUT2D eigenvalue weighted by Crippen LogP contribution is -2.18. The number of aromatic nitrogens is 1. The molecule has 0 saturated heterocycles. The Bertz CT molecular complexity index is 862. The minimum atomic E-state index is 0.196. The molecule has 2 aromatic carbocycles.